The number of hydrogen-bond donors (Lipinski definition) is 0. The predicted molar refractivity (Wildman–Crippen MR) is 111 cm³/mol. The molecule has 2 aliphatic heterocycles. The third-order valence-electron chi connectivity index (χ3n) is 5.25. The van der Waals surface area contributed by atoms with Crippen molar-refractivity contribution < 1.29 is 4.74 Å². The molecular weight excluding hydrogens is 380 g/mol. The lowest BCUT2D eigenvalue weighted by atomic mass is 10.0. The van der Waals surface area contributed by atoms with E-state index in [9.17, 15) is 4.79 Å². The Hall–Kier alpha value is -2.37. The number of halogens is 1. The van der Waals surface area contributed by atoms with Gasteiger partial charge in [-0.2, -0.15) is 0 Å². The normalized spacial score (nSPS) is 17.0. The van der Waals surface area contributed by atoms with Crippen LogP contribution in [0, 0.1) is 13.8 Å². The first-order valence-corrected chi connectivity index (χ1v) is 10.0. The molecule has 0 aliphatic carbocycles. The van der Waals surface area contributed by atoms with E-state index in [2.05, 4.69) is 12.2 Å². The fourth-order valence-electron chi connectivity index (χ4n) is 3.73. The standard InChI is InChI=1S/C21H17ClN2O2S/c1-11-12(2)27-20-18(11)21(25)24-6-5-14(19(24)23-20)7-13-8-15-9-16(22)3-4-17(15)26-10-13/h3-4,7-9H,5-6,10H2,1-2H3. The van der Waals surface area contributed by atoms with Crippen molar-refractivity contribution in [1.29, 1.82) is 0 Å². The Labute approximate surface area is 165 Å². The molecule has 4 nitrogen and oxygen atoms in total. The van der Waals surface area contributed by atoms with E-state index in [-0.39, 0.29) is 5.56 Å². The number of aryl methyl sites for hydroxylation is 2. The van der Waals surface area contributed by atoms with Crippen LogP contribution < -0.4 is 10.3 Å². The van der Waals surface area contributed by atoms with Crippen LogP contribution >= 0.6 is 22.9 Å². The monoisotopic (exact) mass is 396 g/mol. The number of benzene rings is 1. The summed E-state index contributed by atoms with van der Waals surface area (Å²) in [5, 5.41) is 1.46. The van der Waals surface area contributed by atoms with Gasteiger partial charge in [0, 0.05) is 22.0 Å². The maximum absolute atomic E-state index is 12.9. The fraction of sp³-hybridized carbons (Fsp3) is 0.238. The highest BCUT2D eigenvalue weighted by Gasteiger charge is 2.24. The average molecular weight is 397 g/mol. The first-order valence-electron chi connectivity index (χ1n) is 8.85. The molecule has 0 N–H and O–H groups in total. The topological polar surface area (TPSA) is 44.1 Å². The van der Waals surface area contributed by atoms with Crippen LogP contribution in [0.2, 0.25) is 5.02 Å². The number of rotatable bonds is 1. The minimum absolute atomic E-state index is 0.0752. The van der Waals surface area contributed by atoms with Crippen molar-refractivity contribution in [2.45, 2.75) is 26.8 Å². The number of hydrogen-bond acceptors (Lipinski definition) is 4. The van der Waals surface area contributed by atoms with E-state index >= 15 is 0 Å². The Morgan fingerprint density at radius 2 is 2.19 bits per heavy atom. The van der Waals surface area contributed by atoms with Crippen molar-refractivity contribution in [1.82, 2.24) is 9.55 Å². The molecule has 0 bridgehead atoms. The molecule has 3 aromatic rings. The molecule has 1 aromatic carbocycles. The van der Waals surface area contributed by atoms with E-state index in [0.29, 0.717) is 18.2 Å². The highest BCUT2D eigenvalue weighted by Crippen LogP contribution is 2.34. The first-order chi connectivity index (χ1) is 13.0. The molecule has 2 aliphatic rings. The highest BCUT2D eigenvalue weighted by atomic mass is 35.5. The summed E-state index contributed by atoms with van der Waals surface area (Å²) in [5.41, 5.74) is 4.24. The second-order valence-electron chi connectivity index (χ2n) is 6.97. The van der Waals surface area contributed by atoms with Gasteiger partial charge in [-0.25, -0.2) is 4.98 Å². The Morgan fingerprint density at radius 3 is 3.04 bits per heavy atom. The average Bonchev–Trinajstić information content (AvgIpc) is 3.16. The van der Waals surface area contributed by atoms with E-state index in [0.717, 1.165) is 55.4 Å². The number of nitrogens with zero attached hydrogens (tertiary/aromatic N) is 2. The molecule has 0 unspecified atom stereocenters. The lowest BCUT2D eigenvalue weighted by molar-refractivity contribution is 0.351. The summed E-state index contributed by atoms with van der Waals surface area (Å²) >= 11 is 7.70. The van der Waals surface area contributed by atoms with E-state index in [1.54, 1.807) is 11.3 Å². The summed E-state index contributed by atoms with van der Waals surface area (Å²) in [6, 6.07) is 5.63. The second kappa shape index (κ2) is 6.08. The van der Waals surface area contributed by atoms with Gasteiger partial charge in [-0.15, -0.1) is 11.3 Å². The molecule has 2 aromatic heterocycles. The summed E-state index contributed by atoms with van der Waals surface area (Å²) < 4.78 is 7.65. The van der Waals surface area contributed by atoms with Crippen molar-refractivity contribution in [3.05, 3.63) is 67.1 Å². The van der Waals surface area contributed by atoms with E-state index in [1.807, 2.05) is 36.6 Å². The van der Waals surface area contributed by atoms with Crippen LogP contribution in [0.25, 0.3) is 21.9 Å². The molecule has 0 saturated heterocycles. The van der Waals surface area contributed by atoms with Gasteiger partial charge in [0.05, 0.1) is 5.39 Å². The number of allylic oxidation sites excluding steroid dienone is 1. The van der Waals surface area contributed by atoms with Crippen molar-refractivity contribution in [3.8, 4) is 5.75 Å². The number of aromatic nitrogens is 2. The Balaban J connectivity index is 1.62. The van der Waals surface area contributed by atoms with E-state index in [1.165, 1.54) is 0 Å². The molecule has 27 heavy (non-hydrogen) atoms. The number of ether oxygens (including phenoxy) is 1. The van der Waals surface area contributed by atoms with Crippen LogP contribution in [0.4, 0.5) is 0 Å². The Bertz CT molecular complexity index is 1230. The lowest BCUT2D eigenvalue weighted by Gasteiger charge is -2.16. The zero-order chi connectivity index (χ0) is 18.7. The zero-order valence-corrected chi connectivity index (χ0v) is 16.6. The molecule has 4 heterocycles. The van der Waals surface area contributed by atoms with Crippen molar-refractivity contribution in [2.75, 3.05) is 6.61 Å². The maximum atomic E-state index is 12.9. The minimum Gasteiger partial charge on any atom is -0.488 e. The van der Waals surface area contributed by atoms with Crippen LogP contribution in [0.1, 0.15) is 28.2 Å². The summed E-state index contributed by atoms with van der Waals surface area (Å²) in [6.45, 7) is 5.22. The number of fused-ring (bicyclic) bond motifs is 3. The van der Waals surface area contributed by atoms with Gasteiger partial charge in [0.15, 0.2) is 0 Å². The van der Waals surface area contributed by atoms with Crippen molar-refractivity contribution in [2.24, 2.45) is 0 Å². The largest absolute Gasteiger partial charge is 0.488 e. The molecule has 0 spiro atoms. The van der Waals surface area contributed by atoms with Gasteiger partial charge in [0.25, 0.3) is 5.56 Å². The van der Waals surface area contributed by atoms with Gasteiger partial charge in [-0.05, 0) is 67.3 Å². The minimum atomic E-state index is 0.0752. The molecule has 0 atom stereocenters. The van der Waals surface area contributed by atoms with Crippen LogP contribution in [-0.2, 0) is 6.54 Å². The maximum Gasteiger partial charge on any atom is 0.262 e. The van der Waals surface area contributed by atoms with Crippen molar-refractivity contribution in [3.63, 3.8) is 0 Å². The molecular formula is C21H17ClN2O2S. The zero-order valence-electron chi connectivity index (χ0n) is 15.0. The van der Waals surface area contributed by atoms with Gasteiger partial charge >= 0.3 is 0 Å². The third kappa shape index (κ3) is 2.65. The summed E-state index contributed by atoms with van der Waals surface area (Å²) in [6.07, 6.45) is 5.00. The second-order valence-corrected chi connectivity index (χ2v) is 8.60. The van der Waals surface area contributed by atoms with Gasteiger partial charge < -0.3 is 4.74 Å². The molecule has 0 radical (unpaired) electrons. The van der Waals surface area contributed by atoms with Crippen molar-refractivity contribution >= 4 is 44.8 Å². The van der Waals surface area contributed by atoms with Gasteiger partial charge in [0.1, 0.15) is 23.0 Å². The summed E-state index contributed by atoms with van der Waals surface area (Å²) in [7, 11) is 0. The Morgan fingerprint density at radius 1 is 1.33 bits per heavy atom. The molecule has 0 saturated carbocycles. The smallest absolute Gasteiger partial charge is 0.262 e. The van der Waals surface area contributed by atoms with Gasteiger partial charge in [-0.3, -0.25) is 9.36 Å². The van der Waals surface area contributed by atoms with Gasteiger partial charge in [0.2, 0.25) is 0 Å². The fourth-order valence-corrected chi connectivity index (χ4v) is 4.93. The van der Waals surface area contributed by atoms with Crippen LogP contribution in [-0.4, -0.2) is 16.2 Å². The van der Waals surface area contributed by atoms with Crippen LogP contribution in [0.15, 0.2) is 34.6 Å². The predicted octanol–water partition coefficient (Wildman–Crippen LogP) is 4.99. The van der Waals surface area contributed by atoms with E-state index < -0.39 is 0 Å². The number of thiophene rings is 1. The van der Waals surface area contributed by atoms with E-state index in [4.69, 9.17) is 21.3 Å². The quantitative estimate of drug-likeness (QED) is 0.582. The van der Waals surface area contributed by atoms with Gasteiger partial charge in [-0.1, -0.05) is 11.6 Å². The highest BCUT2D eigenvalue weighted by molar-refractivity contribution is 7.18. The van der Waals surface area contributed by atoms with Crippen LogP contribution in [0.3, 0.4) is 0 Å². The van der Waals surface area contributed by atoms with Crippen LogP contribution in [0.5, 0.6) is 5.75 Å². The molecule has 136 valence electrons. The molecule has 0 amide bonds. The first kappa shape index (κ1) is 16.8. The molecule has 6 heteroatoms. The molecule has 0 fully saturated rings. The summed E-state index contributed by atoms with van der Waals surface area (Å²) in [4.78, 5) is 19.8. The SMILES string of the molecule is Cc1sc2nc3n(c(=O)c2c1C)CCC3=CC1=Cc2cc(Cl)ccc2OC1. The lowest BCUT2D eigenvalue weighted by Crippen LogP contribution is -2.20. The summed E-state index contributed by atoms with van der Waals surface area (Å²) in [5.74, 6) is 1.63. The third-order valence-corrected chi connectivity index (χ3v) is 6.58. The Kier molecular flexibility index (Phi) is 3.78. The molecule has 5 rings (SSSR count).